The van der Waals surface area contributed by atoms with Crippen LogP contribution in [0.2, 0.25) is 0 Å². The Bertz CT molecular complexity index is 825. The first-order chi connectivity index (χ1) is 13.0. The summed E-state index contributed by atoms with van der Waals surface area (Å²) in [6, 6.07) is 8.52. The first-order valence-electron chi connectivity index (χ1n) is 7.82. The van der Waals surface area contributed by atoms with Crippen molar-refractivity contribution in [2.45, 2.75) is 0 Å². The molecule has 2 aromatic carbocycles. The summed E-state index contributed by atoms with van der Waals surface area (Å²) >= 11 is 0. The number of carbonyl (C=O) groups is 2. The zero-order chi connectivity index (χ0) is 19.8. The molecule has 142 valence electrons. The number of ether oxygens (including phenoxy) is 3. The SMILES string of the molecule is COc1cc(C(=O)NNC(=O)C=Cc2ccc(F)cc2)cc(OC)c1OC. The van der Waals surface area contributed by atoms with Crippen molar-refractivity contribution in [2.75, 3.05) is 21.3 Å². The van der Waals surface area contributed by atoms with Gasteiger partial charge in [-0.15, -0.1) is 0 Å². The highest BCUT2D eigenvalue weighted by atomic mass is 19.1. The minimum atomic E-state index is -0.571. The first kappa shape index (κ1) is 19.8. The summed E-state index contributed by atoms with van der Waals surface area (Å²) in [6.07, 6.45) is 2.70. The fourth-order valence-electron chi connectivity index (χ4n) is 2.19. The third kappa shape index (κ3) is 5.21. The van der Waals surface area contributed by atoms with Gasteiger partial charge in [-0.05, 0) is 35.9 Å². The van der Waals surface area contributed by atoms with Gasteiger partial charge in [0.25, 0.3) is 11.8 Å². The standard InChI is InChI=1S/C19H19FN2O5/c1-25-15-10-13(11-16(26-2)18(15)27-3)19(24)22-21-17(23)9-6-12-4-7-14(20)8-5-12/h4-11H,1-3H3,(H,21,23)(H,22,24). The lowest BCUT2D eigenvalue weighted by Gasteiger charge is -2.14. The normalized spacial score (nSPS) is 10.4. The number of hydrogen-bond acceptors (Lipinski definition) is 5. The Labute approximate surface area is 155 Å². The van der Waals surface area contributed by atoms with Gasteiger partial charge in [-0.25, -0.2) is 4.39 Å². The van der Waals surface area contributed by atoms with E-state index >= 15 is 0 Å². The van der Waals surface area contributed by atoms with Gasteiger partial charge in [-0.3, -0.25) is 20.4 Å². The Morgan fingerprint density at radius 2 is 1.52 bits per heavy atom. The summed E-state index contributed by atoms with van der Waals surface area (Å²) in [4.78, 5) is 24.1. The monoisotopic (exact) mass is 374 g/mol. The number of carbonyl (C=O) groups excluding carboxylic acids is 2. The van der Waals surface area contributed by atoms with Gasteiger partial charge >= 0.3 is 0 Å². The zero-order valence-corrected chi connectivity index (χ0v) is 15.0. The largest absolute Gasteiger partial charge is 0.493 e. The minimum absolute atomic E-state index is 0.201. The topological polar surface area (TPSA) is 85.9 Å². The highest BCUT2D eigenvalue weighted by Crippen LogP contribution is 2.38. The lowest BCUT2D eigenvalue weighted by atomic mass is 10.1. The van der Waals surface area contributed by atoms with E-state index in [9.17, 15) is 14.0 Å². The third-order valence-electron chi connectivity index (χ3n) is 3.52. The van der Waals surface area contributed by atoms with E-state index in [2.05, 4.69) is 10.9 Å². The summed E-state index contributed by atoms with van der Waals surface area (Å²) in [5.74, 6) is -0.524. The quantitative estimate of drug-likeness (QED) is 0.599. The van der Waals surface area contributed by atoms with Gasteiger partial charge in [0.2, 0.25) is 5.75 Å². The van der Waals surface area contributed by atoms with Crippen molar-refractivity contribution in [1.82, 2.24) is 10.9 Å². The number of methoxy groups -OCH3 is 3. The highest BCUT2D eigenvalue weighted by molar-refractivity contribution is 5.98. The number of nitrogens with one attached hydrogen (secondary N) is 2. The molecule has 0 saturated heterocycles. The summed E-state index contributed by atoms with van der Waals surface area (Å²) in [5.41, 5.74) is 5.38. The van der Waals surface area contributed by atoms with Crippen LogP contribution in [0.15, 0.2) is 42.5 Å². The third-order valence-corrected chi connectivity index (χ3v) is 3.52. The van der Waals surface area contributed by atoms with Gasteiger partial charge in [-0.1, -0.05) is 12.1 Å². The molecule has 2 amide bonds. The fraction of sp³-hybridized carbons (Fsp3) is 0.158. The molecule has 0 atom stereocenters. The number of hydrazine groups is 1. The van der Waals surface area contributed by atoms with E-state index in [0.717, 1.165) is 0 Å². The predicted octanol–water partition coefficient (Wildman–Crippen LogP) is 2.33. The highest BCUT2D eigenvalue weighted by Gasteiger charge is 2.17. The second kappa shape index (κ2) is 9.23. The maximum atomic E-state index is 12.8. The average Bonchev–Trinajstić information content (AvgIpc) is 2.70. The van der Waals surface area contributed by atoms with E-state index in [1.165, 1.54) is 69.9 Å². The predicted molar refractivity (Wildman–Crippen MR) is 97.1 cm³/mol. The van der Waals surface area contributed by atoms with Crippen molar-refractivity contribution in [2.24, 2.45) is 0 Å². The molecule has 0 saturated carbocycles. The molecular weight excluding hydrogens is 355 g/mol. The summed E-state index contributed by atoms with van der Waals surface area (Å²) in [5, 5.41) is 0. The summed E-state index contributed by atoms with van der Waals surface area (Å²) < 4.78 is 28.4. The average molecular weight is 374 g/mol. The molecule has 0 spiro atoms. The lowest BCUT2D eigenvalue weighted by molar-refractivity contribution is -0.117. The van der Waals surface area contributed by atoms with Gasteiger partial charge in [0.05, 0.1) is 21.3 Å². The molecule has 0 fully saturated rings. The molecule has 0 aromatic heterocycles. The Morgan fingerprint density at radius 1 is 0.926 bits per heavy atom. The number of halogens is 1. The zero-order valence-electron chi connectivity index (χ0n) is 15.0. The van der Waals surface area contributed by atoms with Crippen LogP contribution in [0.4, 0.5) is 4.39 Å². The van der Waals surface area contributed by atoms with Gasteiger partial charge in [-0.2, -0.15) is 0 Å². The van der Waals surface area contributed by atoms with Gasteiger partial charge < -0.3 is 14.2 Å². The van der Waals surface area contributed by atoms with E-state index in [1.807, 2.05) is 0 Å². The van der Waals surface area contributed by atoms with Crippen LogP contribution in [-0.4, -0.2) is 33.1 Å². The molecule has 0 aliphatic rings. The molecule has 0 bridgehead atoms. The van der Waals surface area contributed by atoms with E-state index in [1.54, 1.807) is 0 Å². The van der Waals surface area contributed by atoms with E-state index < -0.39 is 11.8 Å². The molecular formula is C19H19FN2O5. The van der Waals surface area contributed by atoms with Crippen LogP contribution in [0.5, 0.6) is 17.2 Å². The number of rotatable bonds is 6. The molecule has 2 N–H and O–H groups in total. The number of hydrogen-bond donors (Lipinski definition) is 2. The van der Waals surface area contributed by atoms with E-state index in [4.69, 9.17) is 14.2 Å². The molecule has 8 heteroatoms. The summed E-state index contributed by atoms with van der Waals surface area (Å²) in [7, 11) is 4.32. The molecule has 0 aliphatic carbocycles. The molecule has 0 radical (unpaired) electrons. The molecule has 0 aliphatic heterocycles. The van der Waals surface area contributed by atoms with Crippen LogP contribution in [-0.2, 0) is 4.79 Å². The molecule has 0 heterocycles. The Balaban J connectivity index is 2.02. The lowest BCUT2D eigenvalue weighted by Crippen LogP contribution is -2.40. The van der Waals surface area contributed by atoms with Crippen molar-refractivity contribution in [3.05, 3.63) is 59.4 Å². The maximum Gasteiger partial charge on any atom is 0.269 e. The Morgan fingerprint density at radius 3 is 2.04 bits per heavy atom. The van der Waals surface area contributed by atoms with Crippen LogP contribution >= 0.6 is 0 Å². The maximum absolute atomic E-state index is 12.8. The van der Waals surface area contributed by atoms with Crippen molar-refractivity contribution >= 4 is 17.9 Å². The van der Waals surface area contributed by atoms with Crippen LogP contribution in [0.25, 0.3) is 6.08 Å². The van der Waals surface area contributed by atoms with Crippen LogP contribution in [0, 0.1) is 5.82 Å². The minimum Gasteiger partial charge on any atom is -0.493 e. The number of amides is 2. The van der Waals surface area contributed by atoms with Crippen LogP contribution in [0.1, 0.15) is 15.9 Å². The Hall–Kier alpha value is -3.55. The number of benzene rings is 2. The van der Waals surface area contributed by atoms with Crippen LogP contribution in [0.3, 0.4) is 0 Å². The van der Waals surface area contributed by atoms with E-state index in [0.29, 0.717) is 22.8 Å². The van der Waals surface area contributed by atoms with Crippen molar-refractivity contribution in [1.29, 1.82) is 0 Å². The second-order valence-electron chi connectivity index (χ2n) is 5.24. The molecule has 2 aromatic rings. The Kier molecular flexibility index (Phi) is 6.76. The molecule has 7 nitrogen and oxygen atoms in total. The van der Waals surface area contributed by atoms with Gasteiger partial charge in [0, 0.05) is 11.6 Å². The van der Waals surface area contributed by atoms with Crippen molar-refractivity contribution in [3.63, 3.8) is 0 Å². The van der Waals surface area contributed by atoms with Crippen molar-refractivity contribution in [3.8, 4) is 17.2 Å². The summed E-state index contributed by atoms with van der Waals surface area (Å²) in [6.45, 7) is 0. The first-order valence-corrected chi connectivity index (χ1v) is 7.82. The fourth-order valence-corrected chi connectivity index (χ4v) is 2.19. The second-order valence-corrected chi connectivity index (χ2v) is 5.24. The smallest absolute Gasteiger partial charge is 0.269 e. The van der Waals surface area contributed by atoms with Crippen LogP contribution < -0.4 is 25.1 Å². The van der Waals surface area contributed by atoms with Crippen molar-refractivity contribution < 1.29 is 28.2 Å². The molecule has 2 rings (SSSR count). The van der Waals surface area contributed by atoms with E-state index in [-0.39, 0.29) is 11.4 Å². The van der Waals surface area contributed by atoms with Gasteiger partial charge in [0.15, 0.2) is 11.5 Å². The van der Waals surface area contributed by atoms with Gasteiger partial charge in [0.1, 0.15) is 5.82 Å². The molecule has 0 unspecified atom stereocenters. The molecule has 27 heavy (non-hydrogen) atoms.